The molecule has 3 amide bonds. The van der Waals surface area contributed by atoms with Gasteiger partial charge in [-0.1, -0.05) is 36.0 Å². The van der Waals surface area contributed by atoms with E-state index < -0.39 is 29.5 Å². The number of nitriles is 1. The molecule has 0 aliphatic heterocycles. The largest absolute Gasteiger partial charge is 0.457 e. The number of benzene rings is 4. The number of likely N-dealkylation sites (N-methyl/N-ethyl adjacent to an activating group) is 1. The molecule has 4 aromatic rings. The zero-order chi connectivity index (χ0) is 34.5. The molecule has 0 spiro atoms. The van der Waals surface area contributed by atoms with Crippen LogP contribution in [0.25, 0.3) is 0 Å². The van der Waals surface area contributed by atoms with Gasteiger partial charge < -0.3 is 31.7 Å². The van der Waals surface area contributed by atoms with E-state index in [4.69, 9.17) is 16.2 Å². The smallest absolute Gasteiger partial charge is 0.293 e. The number of ketones is 1. The van der Waals surface area contributed by atoms with Gasteiger partial charge in [0.2, 0.25) is 11.7 Å². The van der Waals surface area contributed by atoms with Crippen LogP contribution in [-0.2, 0) is 14.4 Å². The van der Waals surface area contributed by atoms with E-state index in [-0.39, 0.29) is 13.0 Å². The van der Waals surface area contributed by atoms with Crippen LogP contribution in [0, 0.1) is 11.3 Å². The molecule has 1 atom stereocenters. The van der Waals surface area contributed by atoms with Crippen LogP contribution in [0.4, 0.5) is 11.4 Å². The van der Waals surface area contributed by atoms with Crippen LogP contribution in [0.15, 0.2) is 107 Å². The maximum absolute atomic E-state index is 13.4. The van der Waals surface area contributed by atoms with Crippen molar-refractivity contribution in [2.45, 2.75) is 35.1 Å². The van der Waals surface area contributed by atoms with Gasteiger partial charge in [-0.25, -0.2) is 0 Å². The number of amides is 3. The number of nitrogens with two attached hydrogens (primary N) is 2. The molecule has 0 aromatic heterocycles. The second kappa shape index (κ2) is 17.3. The monoisotopic (exact) mass is 664 g/mol. The Balaban J connectivity index is 1.38. The van der Waals surface area contributed by atoms with Crippen molar-refractivity contribution in [3.63, 3.8) is 0 Å². The third-order valence-electron chi connectivity index (χ3n) is 7.12. The lowest BCUT2D eigenvalue weighted by Crippen LogP contribution is -2.49. The van der Waals surface area contributed by atoms with Crippen LogP contribution in [0.5, 0.6) is 11.5 Å². The first kappa shape index (κ1) is 35.2. The molecule has 0 saturated carbocycles. The number of nitrogens with one attached hydrogen (secondary N) is 2. The second-order valence-corrected chi connectivity index (χ2v) is 11.9. The Morgan fingerprint density at radius 1 is 0.875 bits per heavy atom. The fourth-order valence-corrected chi connectivity index (χ4v) is 5.64. The quantitative estimate of drug-likeness (QED) is 0.0774. The highest BCUT2D eigenvalue weighted by atomic mass is 32.2. The summed E-state index contributed by atoms with van der Waals surface area (Å²) in [5, 5.41) is 14.7. The van der Waals surface area contributed by atoms with Crippen LogP contribution in [-0.4, -0.2) is 54.6 Å². The van der Waals surface area contributed by atoms with Crippen molar-refractivity contribution >= 4 is 46.6 Å². The summed E-state index contributed by atoms with van der Waals surface area (Å²) in [5.74, 6) is -1.64. The SMILES string of the molecule is CN(CC(=O)N[C@@H](CCCCN)C(=O)C(=O)Nc1ccc(Oc2ccc(N)cc2)cc1)C(=O)c1ccccc1Sc1ccccc1C#N. The van der Waals surface area contributed by atoms with Crippen LogP contribution in [0.2, 0.25) is 0 Å². The van der Waals surface area contributed by atoms with Gasteiger partial charge in [-0.15, -0.1) is 0 Å². The Labute approximate surface area is 283 Å². The molecule has 11 nitrogen and oxygen atoms in total. The lowest BCUT2D eigenvalue weighted by atomic mass is 10.0. The molecule has 0 aliphatic rings. The summed E-state index contributed by atoms with van der Waals surface area (Å²) >= 11 is 1.28. The molecule has 4 aromatic carbocycles. The van der Waals surface area contributed by atoms with E-state index in [0.29, 0.717) is 63.2 Å². The number of carbonyl (C=O) groups excluding carboxylic acids is 4. The highest BCUT2D eigenvalue weighted by Crippen LogP contribution is 2.33. The zero-order valence-corrected chi connectivity index (χ0v) is 27.2. The predicted octanol–water partition coefficient (Wildman–Crippen LogP) is 4.98. The number of nitrogens with zero attached hydrogens (tertiary/aromatic N) is 2. The van der Waals surface area contributed by atoms with E-state index in [0.717, 1.165) is 0 Å². The summed E-state index contributed by atoms with van der Waals surface area (Å²) in [5.41, 5.74) is 13.1. The molecule has 0 unspecified atom stereocenters. The van der Waals surface area contributed by atoms with Crippen LogP contribution < -0.4 is 26.8 Å². The van der Waals surface area contributed by atoms with Crippen molar-refractivity contribution in [3.8, 4) is 17.6 Å². The van der Waals surface area contributed by atoms with Gasteiger partial charge in [0.05, 0.1) is 23.7 Å². The second-order valence-electron chi connectivity index (χ2n) is 10.8. The Hall–Kier alpha value is -5.64. The average Bonchev–Trinajstić information content (AvgIpc) is 3.09. The third kappa shape index (κ3) is 9.93. The molecule has 6 N–H and O–H groups in total. The number of hydrogen-bond donors (Lipinski definition) is 4. The standard InChI is InChI=1S/C36H36N6O5S/c1-42(36(46)29-9-3-5-12-32(29)48-31-11-4-2-8-24(31)22-38)23-33(43)41-30(10-6-7-21-37)34(44)35(45)40-26-15-19-28(20-16-26)47-27-17-13-25(39)14-18-27/h2-5,8-9,11-20,30H,6-7,10,21,23,37,39H2,1H3,(H,40,45)(H,41,43)/t30-/m0/s1. The molecule has 0 fully saturated rings. The van der Waals surface area contributed by atoms with Crippen molar-refractivity contribution in [2.24, 2.45) is 5.73 Å². The highest BCUT2D eigenvalue weighted by Gasteiger charge is 2.28. The topological polar surface area (TPSA) is 181 Å². The maximum Gasteiger partial charge on any atom is 0.293 e. The van der Waals surface area contributed by atoms with Crippen LogP contribution >= 0.6 is 11.8 Å². The van der Waals surface area contributed by atoms with Crippen LogP contribution in [0.3, 0.4) is 0 Å². The lowest BCUT2D eigenvalue weighted by molar-refractivity contribution is -0.137. The number of anilines is 2. The van der Waals surface area contributed by atoms with Gasteiger partial charge in [-0.2, -0.15) is 5.26 Å². The van der Waals surface area contributed by atoms with E-state index in [9.17, 15) is 24.4 Å². The summed E-state index contributed by atoms with van der Waals surface area (Å²) in [6.07, 6.45) is 1.29. The number of Topliss-reactive ketones (excluding diaryl/α,β-unsaturated/α-hetero) is 1. The van der Waals surface area contributed by atoms with E-state index in [2.05, 4.69) is 16.7 Å². The van der Waals surface area contributed by atoms with E-state index in [1.165, 1.54) is 23.7 Å². The van der Waals surface area contributed by atoms with Gasteiger partial charge in [0.15, 0.2) is 0 Å². The van der Waals surface area contributed by atoms with Gasteiger partial charge in [0, 0.05) is 28.2 Å². The first-order valence-corrected chi connectivity index (χ1v) is 16.0. The first-order chi connectivity index (χ1) is 23.2. The maximum atomic E-state index is 13.4. The number of ether oxygens (including phenoxy) is 1. The number of unbranched alkanes of at least 4 members (excludes halogenated alkanes) is 1. The number of nitrogen functional groups attached to an aromatic ring is 1. The highest BCUT2D eigenvalue weighted by molar-refractivity contribution is 7.99. The molecule has 0 saturated heterocycles. The van der Waals surface area contributed by atoms with Crippen molar-refractivity contribution in [2.75, 3.05) is 31.2 Å². The minimum Gasteiger partial charge on any atom is -0.457 e. The van der Waals surface area contributed by atoms with Crippen molar-refractivity contribution in [3.05, 3.63) is 108 Å². The average molecular weight is 665 g/mol. The Bertz CT molecular complexity index is 1790. The first-order valence-electron chi connectivity index (χ1n) is 15.2. The Morgan fingerprint density at radius 3 is 2.17 bits per heavy atom. The van der Waals surface area contributed by atoms with Crippen molar-refractivity contribution in [1.29, 1.82) is 5.26 Å². The molecule has 0 bridgehead atoms. The molecule has 246 valence electrons. The Kier molecular flexibility index (Phi) is 12.7. The number of rotatable bonds is 15. The fraction of sp³-hybridized carbons (Fsp3) is 0.194. The molecule has 4 rings (SSSR count). The summed E-state index contributed by atoms with van der Waals surface area (Å²) in [6.45, 7) is 0.0315. The molecular weight excluding hydrogens is 629 g/mol. The molecule has 0 heterocycles. The molecule has 48 heavy (non-hydrogen) atoms. The minimum absolute atomic E-state index is 0.193. The van der Waals surface area contributed by atoms with Crippen molar-refractivity contribution < 1.29 is 23.9 Å². The van der Waals surface area contributed by atoms with Gasteiger partial charge >= 0.3 is 0 Å². The fourth-order valence-electron chi connectivity index (χ4n) is 4.62. The van der Waals surface area contributed by atoms with Gasteiger partial charge in [0.25, 0.3) is 11.8 Å². The third-order valence-corrected chi connectivity index (χ3v) is 8.27. The van der Waals surface area contributed by atoms with E-state index in [1.54, 1.807) is 91.0 Å². The summed E-state index contributed by atoms with van der Waals surface area (Å²) < 4.78 is 5.76. The summed E-state index contributed by atoms with van der Waals surface area (Å²) in [6, 6.07) is 28.4. The zero-order valence-electron chi connectivity index (χ0n) is 26.3. The lowest BCUT2D eigenvalue weighted by Gasteiger charge is -2.21. The van der Waals surface area contributed by atoms with Gasteiger partial charge in [-0.3, -0.25) is 19.2 Å². The molecule has 0 radical (unpaired) electrons. The van der Waals surface area contributed by atoms with Crippen LogP contribution in [0.1, 0.15) is 35.2 Å². The number of hydrogen-bond acceptors (Lipinski definition) is 9. The van der Waals surface area contributed by atoms with Crippen molar-refractivity contribution in [1.82, 2.24) is 10.2 Å². The normalized spacial score (nSPS) is 11.1. The van der Waals surface area contributed by atoms with Gasteiger partial charge in [0.1, 0.15) is 17.6 Å². The molecular formula is C36H36N6O5S. The van der Waals surface area contributed by atoms with E-state index >= 15 is 0 Å². The summed E-state index contributed by atoms with van der Waals surface area (Å²) in [7, 11) is 1.48. The van der Waals surface area contributed by atoms with E-state index in [1.807, 2.05) is 6.07 Å². The minimum atomic E-state index is -1.12. The Morgan fingerprint density at radius 2 is 1.50 bits per heavy atom. The van der Waals surface area contributed by atoms with Gasteiger partial charge in [-0.05, 0) is 98.6 Å². The predicted molar refractivity (Wildman–Crippen MR) is 185 cm³/mol. The number of carbonyl (C=O) groups is 4. The summed E-state index contributed by atoms with van der Waals surface area (Å²) in [4.78, 5) is 55.3. The molecule has 0 aliphatic carbocycles. The molecule has 12 heteroatoms.